The van der Waals surface area contributed by atoms with Crippen molar-refractivity contribution >= 4 is 17.5 Å². The van der Waals surface area contributed by atoms with E-state index in [2.05, 4.69) is 47.0 Å². The second kappa shape index (κ2) is 8.07. The number of H-pyrrole nitrogens is 1. The first-order chi connectivity index (χ1) is 13.8. The Kier molecular flexibility index (Phi) is 5.73. The molecule has 6 heteroatoms. The van der Waals surface area contributed by atoms with Gasteiger partial charge in [0, 0.05) is 36.1 Å². The molecule has 0 atom stereocenters. The Hall–Kier alpha value is -3.15. The van der Waals surface area contributed by atoms with E-state index in [0.717, 1.165) is 35.1 Å². The van der Waals surface area contributed by atoms with Gasteiger partial charge in [-0.2, -0.15) is 5.10 Å². The van der Waals surface area contributed by atoms with Crippen LogP contribution in [-0.4, -0.2) is 25.0 Å². The molecule has 154 valence electrons. The molecule has 0 fully saturated rings. The summed E-state index contributed by atoms with van der Waals surface area (Å²) < 4.78 is 2.12. The lowest BCUT2D eigenvalue weighted by Gasteiger charge is -2.14. The Balaban J connectivity index is 2.20. The molecule has 0 aliphatic rings. The summed E-state index contributed by atoms with van der Waals surface area (Å²) in [5, 5.41) is 27.9. The van der Waals surface area contributed by atoms with Gasteiger partial charge in [0.1, 0.15) is 11.5 Å². The predicted molar refractivity (Wildman–Crippen MR) is 119 cm³/mol. The van der Waals surface area contributed by atoms with Gasteiger partial charge in [-0.15, -0.1) is 0 Å². The zero-order valence-electron chi connectivity index (χ0n) is 17.7. The fraction of sp³-hybridized carbons (Fsp3) is 0.348. The molecule has 2 aromatic heterocycles. The van der Waals surface area contributed by atoms with Crippen LogP contribution >= 0.6 is 0 Å². The summed E-state index contributed by atoms with van der Waals surface area (Å²) in [5.41, 5.74) is 12.4. The molecule has 29 heavy (non-hydrogen) atoms. The maximum Gasteiger partial charge on any atom is 0.153 e. The number of hydrogen-bond acceptors (Lipinski definition) is 4. The Morgan fingerprint density at radius 3 is 2.59 bits per heavy atom. The van der Waals surface area contributed by atoms with E-state index in [1.54, 1.807) is 6.07 Å². The quantitative estimate of drug-likeness (QED) is 0.470. The summed E-state index contributed by atoms with van der Waals surface area (Å²) in [6.45, 7) is 8.21. The highest BCUT2D eigenvalue weighted by Crippen LogP contribution is 2.42. The first-order valence-corrected chi connectivity index (χ1v) is 10.0. The molecule has 0 saturated heterocycles. The lowest BCUT2D eigenvalue weighted by Crippen LogP contribution is -1.96. The predicted octanol–water partition coefficient (Wildman–Crippen LogP) is 5.05. The number of aryl methyl sites for hydroxylation is 1. The van der Waals surface area contributed by atoms with Crippen molar-refractivity contribution in [1.29, 1.82) is 0 Å². The number of nitrogens with two attached hydrogens (primary N) is 1. The van der Waals surface area contributed by atoms with Crippen LogP contribution in [0.4, 0.5) is 5.82 Å². The van der Waals surface area contributed by atoms with E-state index in [4.69, 9.17) is 5.73 Å². The van der Waals surface area contributed by atoms with Crippen LogP contribution in [-0.2, 0) is 13.5 Å². The number of anilines is 1. The molecule has 3 rings (SSSR count). The van der Waals surface area contributed by atoms with E-state index in [1.807, 2.05) is 20.9 Å². The zero-order valence-corrected chi connectivity index (χ0v) is 17.7. The summed E-state index contributed by atoms with van der Waals surface area (Å²) >= 11 is 0. The molecular weight excluding hydrogens is 364 g/mol. The number of phenols is 2. The van der Waals surface area contributed by atoms with Crippen molar-refractivity contribution in [3.8, 4) is 22.8 Å². The maximum absolute atomic E-state index is 10.5. The molecule has 0 spiro atoms. The van der Waals surface area contributed by atoms with Crippen LogP contribution in [0.3, 0.4) is 0 Å². The minimum Gasteiger partial charge on any atom is -0.508 e. The van der Waals surface area contributed by atoms with Crippen LogP contribution < -0.4 is 5.73 Å². The number of aromatic nitrogens is 3. The van der Waals surface area contributed by atoms with E-state index in [1.165, 1.54) is 11.8 Å². The van der Waals surface area contributed by atoms with Gasteiger partial charge in [-0.25, -0.2) is 0 Å². The average molecular weight is 395 g/mol. The van der Waals surface area contributed by atoms with Crippen LogP contribution in [0, 0.1) is 0 Å². The molecule has 3 aromatic rings. The largest absolute Gasteiger partial charge is 0.508 e. The minimum absolute atomic E-state index is 0.0128. The van der Waals surface area contributed by atoms with Crippen LogP contribution in [0.1, 0.15) is 62.4 Å². The smallest absolute Gasteiger partial charge is 0.153 e. The fourth-order valence-corrected chi connectivity index (χ4v) is 3.84. The Morgan fingerprint density at radius 2 is 1.97 bits per heavy atom. The Bertz CT molecular complexity index is 1060. The number of rotatable bonds is 6. The number of hydrogen-bond donors (Lipinski definition) is 4. The van der Waals surface area contributed by atoms with Gasteiger partial charge in [0.05, 0.1) is 5.69 Å². The lowest BCUT2D eigenvalue weighted by atomic mass is 9.93. The van der Waals surface area contributed by atoms with Crippen molar-refractivity contribution in [2.24, 2.45) is 7.05 Å². The molecule has 0 bridgehead atoms. The van der Waals surface area contributed by atoms with Crippen molar-refractivity contribution in [3.63, 3.8) is 0 Å². The Labute approximate surface area is 171 Å². The third kappa shape index (κ3) is 3.75. The molecule has 0 amide bonds. The average Bonchev–Trinajstić information content (AvgIpc) is 3.21. The van der Waals surface area contributed by atoms with E-state index in [-0.39, 0.29) is 17.4 Å². The van der Waals surface area contributed by atoms with Gasteiger partial charge in [-0.05, 0) is 53.7 Å². The third-order valence-corrected chi connectivity index (χ3v) is 5.43. The lowest BCUT2D eigenvalue weighted by molar-refractivity contribution is 0.445. The highest BCUT2D eigenvalue weighted by atomic mass is 16.3. The summed E-state index contributed by atoms with van der Waals surface area (Å²) in [5.74, 6) is 0.566. The molecule has 0 unspecified atom stereocenters. The van der Waals surface area contributed by atoms with Crippen LogP contribution in [0.15, 0.2) is 24.4 Å². The van der Waals surface area contributed by atoms with Crippen molar-refractivity contribution in [2.45, 2.75) is 46.5 Å². The standard InChI is InChI=1S/C23H30N4O2/c1-6-14(10-15-8-9-27(5)18(15)7-2)21-22(25-26-23(21)24)17-11-16(13(3)4)19(28)12-20(17)29/h8-13,28-29H,6-7H2,1-5H3,(H3,24,25,26)/b14-10+. The second-order valence-electron chi connectivity index (χ2n) is 7.65. The van der Waals surface area contributed by atoms with Gasteiger partial charge in [-0.3, -0.25) is 5.10 Å². The maximum atomic E-state index is 10.5. The number of nitrogen functional groups attached to an aromatic ring is 1. The first kappa shape index (κ1) is 20.6. The number of aromatic hydroxyl groups is 2. The van der Waals surface area contributed by atoms with E-state index < -0.39 is 0 Å². The Morgan fingerprint density at radius 1 is 1.24 bits per heavy atom. The van der Waals surface area contributed by atoms with Crippen molar-refractivity contribution in [1.82, 2.24) is 14.8 Å². The summed E-state index contributed by atoms with van der Waals surface area (Å²) in [7, 11) is 2.04. The van der Waals surface area contributed by atoms with Gasteiger partial charge in [-0.1, -0.05) is 27.7 Å². The number of allylic oxidation sites excluding steroid dienone is 1. The van der Waals surface area contributed by atoms with Crippen molar-refractivity contribution in [2.75, 3.05) is 5.73 Å². The summed E-state index contributed by atoms with van der Waals surface area (Å²) in [6.07, 6.45) is 5.88. The molecule has 0 radical (unpaired) electrons. The molecule has 2 heterocycles. The first-order valence-electron chi connectivity index (χ1n) is 10.0. The number of benzene rings is 1. The van der Waals surface area contributed by atoms with E-state index >= 15 is 0 Å². The van der Waals surface area contributed by atoms with Gasteiger partial charge in [0.15, 0.2) is 5.82 Å². The fourth-order valence-electron chi connectivity index (χ4n) is 3.84. The van der Waals surface area contributed by atoms with Crippen LogP contribution in [0.2, 0.25) is 0 Å². The molecule has 0 saturated carbocycles. The van der Waals surface area contributed by atoms with Crippen molar-refractivity contribution in [3.05, 3.63) is 46.8 Å². The minimum atomic E-state index is -0.0128. The van der Waals surface area contributed by atoms with E-state index in [0.29, 0.717) is 17.1 Å². The monoisotopic (exact) mass is 394 g/mol. The second-order valence-corrected chi connectivity index (χ2v) is 7.65. The third-order valence-electron chi connectivity index (χ3n) is 5.43. The molecule has 0 aliphatic heterocycles. The highest BCUT2D eigenvalue weighted by molar-refractivity contribution is 5.93. The van der Waals surface area contributed by atoms with E-state index in [9.17, 15) is 10.2 Å². The number of nitrogens with one attached hydrogen (secondary N) is 1. The molecule has 0 aliphatic carbocycles. The van der Waals surface area contributed by atoms with Crippen LogP contribution in [0.25, 0.3) is 22.9 Å². The van der Waals surface area contributed by atoms with Crippen molar-refractivity contribution < 1.29 is 10.2 Å². The number of phenolic OH excluding ortho intramolecular Hbond substituents is 2. The molecule has 1 aromatic carbocycles. The van der Waals surface area contributed by atoms with Gasteiger partial charge in [0.25, 0.3) is 0 Å². The summed E-state index contributed by atoms with van der Waals surface area (Å²) in [6, 6.07) is 5.28. The van der Waals surface area contributed by atoms with Gasteiger partial charge < -0.3 is 20.5 Å². The normalized spacial score (nSPS) is 12.1. The van der Waals surface area contributed by atoms with Crippen LogP contribution in [0.5, 0.6) is 11.5 Å². The molecule has 6 nitrogen and oxygen atoms in total. The van der Waals surface area contributed by atoms with Gasteiger partial charge >= 0.3 is 0 Å². The number of nitrogens with zero attached hydrogens (tertiary/aromatic N) is 2. The zero-order chi connectivity index (χ0) is 21.3. The number of aromatic amines is 1. The molecular formula is C23H30N4O2. The van der Waals surface area contributed by atoms with Gasteiger partial charge in [0.2, 0.25) is 0 Å². The SMILES string of the molecule is CC/C(=C\c1ccn(C)c1CC)c1c(N)n[nH]c1-c1cc(C(C)C)c(O)cc1O. The topological polar surface area (TPSA) is 100 Å². The highest BCUT2D eigenvalue weighted by Gasteiger charge is 2.21. The summed E-state index contributed by atoms with van der Waals surface area (Å²) in [4.78, 5) is 0. The molecule has 5 N–H and O–H groups in total.